The zero-order valence-electron chi connectivity index (χ0n) is 10.7. The highest BCUT2D eigenvalue weighted by atomic mass is 32.2. The van der Waals surface area contributed by atoms with Crippen molar-refractivity contribution in [3.63, 3.8) is 0 Å². The van der Waals surface area contributed by atoms with Crippen LogP contribution in [-0.4, -0.2) is 15.0 Å². The number of rotatable bonds is 6. The minimum atomic E-state index is -3.83. The Labute approximate surface area is 121 Å². The Morgan fingerprint density at radius 1 is 1.25 bits per heavy atom. The van der Waals surface area contributed by atoms with Gasteiger partial charge < -0.3 is 5.73 Å². The summed E-state index contributed by atoms with van der Waals surface area (Å²) in [6.07, 6.45) is 0.575. The van der Waals surface area contributed by atoms with E-state index in [2.05, 4.69) is 4.72 Å². The van der Waals surface area contributed by atoms with Gasteiger partial charge in [0.25, 0.3) is 0 Å². The fraction of sp³-hybridized carbons (Fsp3) is 0.231. The monoisotopic (exact) mass is 314 g/mol. The standard InChI is InChI=1S/C13H15FN2O2S2/c14-12-7-11(8-15)1-2-13(12)20(17,18)16-5-3-10-4-6-19-9-10/h1-2,4,6-7,9,16H,3,5,8,15H2. The fourth-order valence-electron chi connectivity index (χ4n) is 1.73. The topological polar surface area (TPSA) is 72.2 Å². The first-order valence-corrected chi connectivity index (χ1v) is 8.45. The molecule has 0 atom stereocenters. The molecule has 0 aliphatic carbocycles. The van der Waals surface area contributed by atoms with Gasteiger partial charge in [0.15, 0.2) is 0 Å². The Hall–Kier alpha value is -1.28. The Morgan fingerprint density at radius 3 is 2.65 bits per heavy atom. The van der Waals surface area contributed by atoms with E-state index in [0.29, 0.717) is 12.0 Å². The van der Waals surface area contributed by atoms with Crippen LogP contribution in [0, 0.1) is 5.82 Å². The molecule has 0 aliphatic rings. The smallest absolute Gasteiger partial charge is 0.243 e. The molecule has 0 aliphatic heterocycles. The molecule has 3 N–H and O–H groups in total. The average Bonchev–Trinajstić information content (AvgIpc) is 2.91. The summed E-state index contributed by atoms with van der Waals surface area (Å²) in [6, 6.07) is 5.82. The highest BCUT2D eigenvalue weighted by Crippen LogP contribution is 2.16. The zero-order chi connectivity index (χ0) is 14.6. The molecule has 0 saturated carbocycles. The lowest BCUT2D eigenvalue weighted by molar-refractivity contribution is 0.556. The molecule has 0 spiro atoms. The summed E-state index contributed by atoms with van der Waals surface area (Å²) >= 11 is 1.55. The van der Waals surface area contributed by atoms with Gasteiger partial charge in [-0.2, -0.15) is 11.3 Å². The molecule has 2 rings (SSSR count). The largest absolute Gasteiger partial charge is 0.326 e. The summed E-state index contributed by atoms with van der Waals surface area (Å²) in [6.45, 7) is 0.403. The summed E-state index contributed by atoms with van der Waals surface area (Å²) in [5.74, 6) is -0.781. The van der Waals surface area contributed by atoms with Crippen LogP contribution in [0.2, 0.25) is 0 Å². The second-order valence-corrected chi connectivity index (χ2v) is 6.76. The third kappa shape index (κ3) is 3.63. The van der Waals surface area contributed by atoms with E-state index in [1.807, 2.05) is 16.8 Å². The van der Waals surface area contributed by atoms with Crippen molar-refractivity contribution < 1.29 is 12.8 Å². The van der Waals surface area contributed by atoms with Crippen LogP contribution in [-0.2, 0) is 23.0 Å². The van der Waals surface area contributed by atoms with E-state index < -0.39 is 15.8 Å². The van der Waals surface area contributed by atoms with Crippen molar-refractivity contribution in [2.45, 2.75) is 17.9 Å². The zero-order valence-corrected chi connectivity index (χ0v) is 12.3. The van der Waals surface area contributed by atoms with Crippen LogP contribution in [0.3, 0.4) is 0 Å². The van der Waals surface area contributed by atoms with Gasteiger partial charge >= 0.3 is 0 Å². The number of halogens is 1. The van der Waals surface area contributed by atoms with Crippen LogP contribution in [0.25, 0.3) is 0 Å². The summed E-state index contributed by atoms with van der Waals surface area (Å²) in [4.78, 5) is -0.347. The summed E-state index contributed by atoms with van der Waals surface area (Å²) in [5.41, 5.74) is 6.99. The van der Waals surface area contributed by atoms with Gasteiger partial charge in [-0.25, -0.2) is 17.5 Å². The first-order valence-electron chi connectivity index (χ1n) is 6.02. The van der Waals surface area contributed by atoms with Crippen LogP contribution < -0.4 is 10.5 Å². The third-order valence-corrected chi connectivity index (χ3v) is 5.03. The van der Waals surface area contributed by atoms with Crippen LogP contribution in [0.15, 0.2) is 39.9 Å². The number of hydrogen-bond acceptors (Lipinski definition) is 4. The number of nitrogens with two attached hydrogens (primary N) is 1. The minimum absolute atomic E-state index is 0.169. The maximum absolute atomic E-state index is 13.8. The molecule has 7 heteroatoms. The number of benzene rings is 1. The molecule has 1 aromatic carbocycles. The van der Waals surface area contributed by atoms with Crippen molar-refractivity contribution in [3.05, 3.63) is 52.0 Å². The highest BCUT2D eigenvalue weighted by molar-refractivity contribution is 7.89. The number of sulfonamides is 1. The fourth-order valence-corrected chi connectivity index (χ4v) is 3.52. The van der Waals surface area contributed by atoms with Crippen LogP contribution >= 0.6 is 11.3 Å². The Kier molecular flexibility index (Phi) is 4.87. The van der Waals surface area contributed by atoms with Gasteiger partial charge in [-0.05, 0) is 46.5 Å². The first kappa shape index (κ1) is 15.1. The minimum Gasteiger partial charge on any atom is -0.326 e. The molecule has 0 unspecified atom stereocenters. The molecule has 0 radical (unpaired) electrons. The van der Waals surface area contributed by atoms with Crippen molar-refractivity contribution in [2.24, 2.45) is 5.73 Å². The lowest BCUT2D eigenvalue weighted by Gasteiger charge is -2.08. The summed E-state index contributed by atoms with van der Waals surface area (Å²) in [5, 5.41) is 3.87. The van der Waals surface area contributed by atoms with Crippen LogP contribution in [0.5, 0.6) is 0 Å². The van der Waals surface area contributed by atoms with Gasteiger partial charge in [0, 0.05) is 13.1 Å². The highest BCUT2D eigenvalue weighted by Gasteiger charge is 2.18. The van der Waals surface area contributed by atoms with E-state index in [4.69, 9.17) is 5.73 Å². The third-order valence-electron chi connectivity index (χ3n) is 2.81. The molecule has 0 saturated heterocycles. The Bertz CT molecular complexity index is 670. The molecule has 4 nitrogen and oxygen atoms in total. The molecule has 1 aromatic heterocycles. The van der Waals surface area contributed by atoms with E-state index in [0.717, 1.165) is 11.6 Å². The number of nitrogens with one attached hydrogen (secondary N) is 1. The molecule has 0 bridgehead atoms. The van der Waals surface area contributed by atoms with E-state index >= 15 is 0 Å². The van der Waals surface area contributed by atoms with E-state index in [9.17, 15) is 12.8 Å². The van der Waals surface area contributed by atoms with E-state index in [1.54, 1.807) is 11.3 Å². The van der Waals surface area contributed by atoms with Crippen molar-refractivity contribution in [1.29, 1.82) is 0 Å². The molecule has 108 valence electrons. The molecule has 0 fully saturated rings. The van der Waals surface area contributed by atoms with Gasteiger partial charge in [-0.1, -0.05) is 6.07 Å². The predicted octanol–water partition coefficient (Wildman–Crippen LogP) is 1.87. The van der Waals surface area contributed by atoms with E-state index in [1.165, 1.54) is 12.1 Å². The normalized spacial score (nSPS) is 11.7. The van der Waals surface area contributed by atoms with Gasteiger partial charge in [-0.15, -0.1) is 0 Å². The molecular weight excluding hydrogens is 299 g/mol. The Morgan fingerprint density at radius 2 is 2.05 bits per heavy atom. The van der Waals surface area contributed by atoms with Gasteiger partial charge in [0.05, 0.1) is 0 Å². The average molecular weight is 314 g/mol. The van der Waals surface area contributed by atoms with E-state index in [-0.39, 0.29) is 18.0 Å². The van der Waals surface area contributed by atoms with Crippen molar-refractivity contribution >= 4 is 21.4 Å². The predicted molar refractivity (Wildman–Crippen MR) is 77.5 cm³/mol. The maximum atomic E-state index is 13.8. The van der Waals surface area contributed by atoms with Gasteiger partial charge in [-0.3, -0.25) is 0 Å². The molecule has 2 aromatic rings. The Balaban J connectivity index is 2.06. The molecular formula is C13H15FN2O2S2. The van der Waals surface area contributed by atoms with Gasteiger partial charge in [0.1, 0.15) is 10.7 Å². The van der Waals surface area contributed by atoms with Gasteiger partial charge in [0.2, 0.25) is 10.0 Å². The molecule has 20 heavy (non-hydrogen) atoms. The first-order chi connectivity index (χ1) is 9.53. The number of thiophene rings is 1. The lowest BCUT2D eigenvalue weighted by atomic mass is 10.2. The summed E-state index contributed by atoms with van der Waals surface area (Å²) < 4.78 is 40.2. The van der Waals surface area contributed by atoms with Crippen molar-refractivity contribution in [3.8, 4) is 0 Å². The second-order valence-electron chi connectivity index (χ2n) is 4.25. The number of hydrogen-bond donors (Lipinski definition) is 2. The molecule has 0 amide bonds. The SMILES string of the molecule is NCc1ccc(S(=O)(=O)NCCc2ccsc2)c(F)c1. The van der Waals surface area contributed by atoms with Crippen molar-refractivity contribution in [2.75, 3.05) is 6.54 Å². The second kappa shape index (κ2) is 6.45. The van der Waals surface area contributed by atoms with Crippen molar-refractivity contribution in [1.82, 2.24) is 4.72 Å². The van der Waals surface area contributed by atoms with Crippen LogP contribution in [0.4, 0.5) is 4.39 Å². The maximum Gasteiger partial charge on any atom is 0.243 e. The van der Waals surface area contributed by atoms with Crippen LogP contribution in [0.1, 0.15) is 11.1 Å². The lowest BCUT2D eigenvalue weighted by Crippen LogP contribution is -2.26. The quantitative estimate of drug-likeness (QED) is 0.855. The molecule has 1 heterocycles. The summed E-state index contributed by atoms with van der Waals surface area (Å²) in [7, 11) is -3.83.